The van der Waals surface area contributed by atoms with E-state index in [-0.39, 0.29) is 0 Å². The summed E-state index contributed by atoms with van der Waals surface area (Å²) in [5, 5.41) is 3.43. The maximum atomic E-state index is 4.48. The smallest absolute Gasteiger partial charge is 0.0448 e. The van der Waals surface area contributed by atoms with E-state index in [0.29, 0.717) is 6.04 Å². The predicted octanol–water partition coefficient (Wildman–Crippen LogP) is 3.37. The standard InChI is InChI=1S/C17H29N3/c1-6-18-9-16-10-19-14(4)8-17(16)20-11-12(2)7-13(3)15(20)5/h8,10,12-13,15,18H,6-7,9,11H2,1-5H3. The molecule has 3 unspecified atom stereocenters. The van der Waals surface area contributed by atoms with E-state index >= 15 is 0 Å². The first kappa shape index (κ1) is 15.3. The van der Waals surface area contributed by atoms with Crippen LogP contribution in [0.4, 0.5) is 5.69 Å². The lowest BCUT2D eigenvalue weighted by Crippen LogP contribution is -2.46. The molecule has 0 aromatic carbocycles. The van der Waals surface area contributed by atoms with Crippen LogP contribution < -0.4 is 10.2 Å². The minimum absolute atomic E-state index is 0.605. The molecule has 0 amide bonds. The Morgan fingerprint density at radius 1 is 1.35 bits per heavy atom. The van der Waals surface area contributed by atoms with Gasteiger partial charge in [-0.1, -0.05) is 20.8 Å². The number of pyridine rings is 1. The van der Waals surface area contributed by atoms with Gasteiger partial charge in [0.25, 0.3) is 0 Å². The molecule has 20 heavy (non-hydrogen) atoms. The monoisotopic (exact) mass is 275 g/mol. The largest absolute Gasteiger partial charge is 0.368 e. The van der Waals surface area contributed by atoms with Crippen molar-refractivity contribution in [1.29, 1.82) is 0 Å². The van der Waals surface area contributed by atoms with Gasteiger partial charge in [-0.2, -0.15) is 0 Å². The highest BCUT2D eigenvalue weighted by Crippen LogP contribution is 2.33. The lowest BCUT2D eigenvalue weighted by molar-refractivity contribution is 0.296. The molecule has 1 aromatic heterocycles. The number of rotatable bonds is 4. The highest BCUT2D eigenvalue weighted by Gasteiger charge is 2.30. The molecule has 112 valence electrons. The van der Waals surface area contributed by atoms with Gasteiger partial charge in [0.05, 0.1) is 0 Å². The van der Waals surface area contributed by atoms with Gasteiger partial charge in [-0.3, -0.25) is 4.98 Å². The fourth-order valence-corrected chi connectivity index (χ4v) is 3.27. The van der Waals surface area contributed by atoms with E-state index in [2.05, 4.69) is 55.9 Å². The molecule has 2 heterocycles. The lowest BCUT2D eigenvalue weighted by Gasteiger charge is -2.43. The average Bonchev–Trinajstić information content (AvgIpc) is 2.41. The number of hydrogen-bond acceptors (Lipinski definition) is 3. The summed E-state index contributed by atoms with van der Waals surface area (Å²) >= 11 is 0. The van der Waals surface area contributed by atoms with Crippen molar-refractivity contribution in [3.8, 4) is 0 Å². The summed E-state index contributed by atoms with van der Waals surface area (Å²) in [7, 11) is 0. The predicted molar refractivity (Wildman–Crippen MR) is 86.1 cm³/mol. The number of nitrogens with one attached hydrogen (secondary N) is 1. The summed E-state index contributed by atoms with van der Waals surface area (Å²) in [6, 6.07) is 2.86. The Hall–Kier alpha value is -1.09. The summed E-state index contributed by atoms with van der Waals surface area (Å²) in [4.78, 5) is 7.08. The molecule has 0 spiro atoms. The van der Waals surface area contributed by atoms with Gasteiger partial charge in [-0.25, -0.2) is 0 Å². The number of anilines is 1. The number of piperidine rings is 1. The van der Waals surface area contributed by atoms with Crippen molar-refractivity contribution in [2.24, 2.45) is 11.8 Å². The molecular formula is C17H29N3. The Kier molecular flexibility index (Phi) is 5.03. The SMILES string of the molecule is CCNCc1cnc(C)cc1N1CC(C)CC(C)C1C. The van der Waals surface area contributed by atoms with E-state index in [9.17, 15) is 0 Å². The third kappa shape index (κ3) is 3.32. The van der Waals surface area contributed by atoms with Crippen LogP contribution in [0.15, 0.2) is 12.3 Å². The fraction of sp³-hybridized carbons (Fsp3) is 0.706. The van der Waals surface area contributed by atoms with Crippen LogP contribution in [0, 0.1) is 18.8 Å². The molecule has 0 radical (unpaired) electrons. The molecule has 1 aliphatic heterocycles. The van der Waals surface area contributed by atoms with E-state index in [1.807, 2.05) is 6.20 Å². The fourth-order valence-electron chi connectivity index (χ4n) is 3.27. The molecule has 0 bridgehead atoms. The van der Waals surface area contributed by atoms with Crippen LogP contribution in [-0.4, -0.2) is 24.1 Å². The maximum Gasteiger partial charge on any atom is 0.0448 e. The Bertz CT molecular complexity index is 444. The molecule has 1 N–H and O–H groups in total. The van der Waals surface area contributed by atoms with Gasteiger partial charge in [0.1, 0.15) is 0 Å². The van der Waals surface area contributed by atoms with Gasteiger partial charge in [0.2, 0.25) is 0 Å². The Morgan fingerprint density at radius 3 is 2.80 bits per heavy atom. The second-order valence-corrected chi connectivity index (χ2v) is 6.45. The zero-order valence-corrected chi connectivity index (χ0v) is 13.6. The van der Waals surface area contributed by atoms with Gasteiger partial charge in [-0.05, 0) is 44.7 Å². The van der Waals surface area contributed by atoms with Crippen molar-refractivity contribution in [3.05, 3.63) is 23.5 Å². The molecule has 3 nitrogen and oxygen atoms in total. The lowest BCUT2D eigenvalue weighted by atomic mass is 9.85. The molecule has 3 heteroatoms. The van der Waals surface area contributed by atoms with Crippen molar-refractivity contribution in [2.45, 2.75) is 53.6 Å². The van der Waals surface area contributed by atoms with E-state index in [4.69, 9.17) is 0 Å². The van der Waals surface area contributed by atoms with E-state index in [0.717, 1.165) is 37.2 Å². The Balaban J connectivity index is 2.31. The van der Waals surface area contributed by atoms with E-state index in [1.165, 1.54) is 17.7 Å². The summed E-state index contributed by atoms with van der Waals surface area (Å²) < 4.78 is 0. The number of aromatic nitrogens is 1. The van der Waals surface area contributed by atoms with E-state index in [1.54, 1.807) is 0 Å². The Morgan fingerprint density at radius 2 is 2.10 bits per heavy atom. The number of hydrogen-bond donors (Lipinski definition) is 1. The molecule has 1 saturated heterocycles. The zero-order chi connectivity index (χ0) is 14.7. The van der Waals surface area contributed by atoms with Crippen molar-refractivity contribution in [1.82, 2.24) is 10.3 Å². The van der Waals surface area contributed by atoms with Gasteiger partial charge in [-0.15, -0.1) is 0 Å². The molecule has 0 saturated carbocycles. The minimum atomic E-state index is 0.605. The molecule has 2 rings (SSSR count). The first-order valence-electron chi connectivity index (χ1n) is 7.95. The maximum absolute atomic E-state index is 4.48. The third-order valence-electron chi connectivity index (χ3n) is 4.57. The first-order valence-corrected chi connectivity index (χ1v) is 7.95. The highest BCUT2D eigenvalue weighted by atomic mass is 15.2. The average molecular weight is 275 g/mol. The zero-order valence-electron chi connectivity index (χ0n) is 13.6. The van der Waals surface area contributed by atoms with Crippen molar-refractivity contribution in [3.63, 3.8) is 0 Å². The van der Waals surface area contributed by atoms with Crippen molar-refractivity contribution in [2.75, 3.05) is 18.0 Å². The molecule has 1 aliphatic rings. The first-order chi connectivity index (χ1) is 9.52. The molecule has 1 fully saturated rings. The topological polar surface area (TPSA) is 28.2 Å². The minimum Gasteiger partial charge on any atom is -0.368 e. The Labute approximate surface area is 123 Å². The summed E-state index contributed by atoms with van der Waals surface area (Å²) in [6.45, 7) is 14.4. The summed E-state index contributed by atoms with van der Waals surface area (Å²) in [5.74, 6) is 1.51. The van der Waals surface area contributed by atoms with Crippen LogP contribution in [0.25, 0.3) is 0 Å². The van der Waals surface area contributed by atoms with Crippen LogP contribution in [0.3, 0.4) is 0 Å². The quantitative estimate of drug-likeness (QED) is 0.913. The number of aryl methyl sites for hydroxylation is 1. The van der Waals surface area contributed by atoms with Gasteiger partial charge in [0, 0.05) is 42.3 Å². The van der Waals surface area contributed by atoms with Crippen molar-refractivity contribution >= 4 is 5.69 Å². The second kappa shape index (κ2) is 6.57. The van der Waals surface area contributed by atoms with Crippen LogP contribution in [-0.2, 0) is 6.54 Å². The normalized spacial score (nSPS) is 26.9. The van der Waals surface area contributed by atoms with Crippen LogP contribution in [0.5, 0.6) is 0 Å². The van der Waals surface area contributed by atoms with Gasteiger partial charge < -0.3 is 10.2 Å². The second-order valence-electron chi connectivity index (χ2n) is 6.45. The summed E-state index contributed by atoms with van der Waals surface area (Å²) in [6.07, 6.45) is 3.38. The molecule has 0 aliphatic carbocycles. The molecule has 3 atom stereocenters. The van der Waals surface area contributed by atoms with E-state index < -0.39 is 0 Å². The third-order valence-corrected chi connectivity index (χ3v) is 4.57. The van der Waals surface area contributed by atoms with Crippen LogP contribution >= 0.6 is 0 Å². The number of nitrogens with zero attached hydrogens (tertiary/aromatic N) is 2. The highest BCUT2D eigenvalue weighted by molar-refractivity contribution is 5.55. The van der Waals surface area contributed by atoms with Crippen molar-refractivity contribution < 1.29 is 0 Å². The van der Waals surface area contributed by atoms with Crippen LogP contribution in [0.1, 0.15) is 45.4 Å². The molecule has 1 aromatic rings. The summed E-state index contributed by atoms with van der Waals surface area (Å²) in [5.41, 5.74) is 3.81. The van der Waals surface area contributed by atoms with Gasteiger partial charge >= 0.3 is 0 Å². The van der Waals surface area contributed by atoms with Gasteiger partial charge in [0.15, 0.2) is 0 Å². The molecular weight excluding hydrogens is 246 g/mol. The van der Waals surface area contributed by atoms with Crippen LogP contribution in [0.2, 0.25) is 0 Å².